The third kappa shape index (κ3) is 4.44. The maximum absolute atomic E-state index is 12.9. The lowest BCUT2D eigenvalue weighted by atomic mass is 9.94. The lowest BCUT2D eigenvalue weighted by Crippen LogP contribution is -2.20. The lowest BCUT2D eigenvalue weighted by molar-refractivity contribution is -0.147. The predicted octanol–water partition coefficient (Wildman–Crippen LogP) is 2.28. The third-order valence-electron chi connectivity index (χ3n) is 2.94. The van der Waals surface area contributed by atoms with Gasteiger partial charge in [-0.25, -0.2) is 4.39 Å². The van der Waals surface area contributed by atoms with Gasteiger partial charge in [0.1, 0.15) is 12.1 Å². The molecule has 19 heavy (non-hydrogen) atoms. The summed E-state index contributed by atoms with van der Waals surface area (Å²) in [6.07, 6.45) is 0.685. The maximum Gasteiger partial charge on any atom is 0.309 e. The fourth-order valence-electron chi connectivity index (χ4n) is 1.88. The normalized spacial score (nSPS) is 13.6. The van der Waals surface area contributed by atoms with Crippen molar-refractivity contribution in [2.75, 3.05) is 14.2 Å². The molecule has 0 radical (unpaired) electrons. The van der Waals surface area contributed by atoms with E-state index in [9.17, 15) is 14.0 Å². The van der Waals surface area contributed by atoms with E-state index in [1.54, 1.807) is 12.1 Å². The van der Waals surface area contributed by atoms with E-state index < -0.39 is 11.9 Å². The molecule has 104 valence electrons. The van der Waals surface area contributed by atoms with Crippen LogP contribution in [0.1, 0.15) is 24.5 Å². The SMILES string of the molecule is COC(=O)C(CC=O)C[C@@H](OC)c1ccc(F)cc1. The molecule has 0 bridgehead atoms. The first kappa shape index (κ1) is 15.3. The number of methoxy groups -OCH3 is 2. The van der Waals surface area contributed by atoms with Gasteiger partial charge >= 0.3 is 5.97 Å². The molecule has 0 aliphatic carbocycles. The minimum absolute atomic E-state index is 0.0771. The van der Waals surface area contributed by atoms with Crippen molar-refractivity contribution >= 4 is 12.3 Å². The van der Waals surface area contributed by atoms with E-state index in [4.69, 9.17) is 4.74 Å². The molecule has 0 aromatic heterocycles. The van der Waals surface area contributed by atoms with E-state index in [2.05, 4.69) is 4.74 Å². The van der Waals surface area contributed by atoms with Gasteiger partial charge in [-0.2, -0.15) is 0 Å². The summed E-state index contributed by atoms with van der Waals surface area (Å²) in [7, 11) is 2.78. The van der Waals surface area contributed by atoms with Crippen LogP contribution < -0.4 is 0 Å². The fourth-order valence-corrected chi connectivity index (χ4v) is 1.88. The number of carbonyl (C=O) groups is 2. The molecular formula is C14H17FO4. The van der Waals surface area contributed by atoms with Gasteiger partial charge in [0, 0.05) is 13.5 Å². The standard InChI is InChI=1S/C14H17FO4/c1-18-13(10-3-5-12(15)6-4-10)9-11(7-8-16)14(17)19-2/h3-6,8,11,13H,7,9H2,1-2H3/t11?,13-/m1/s1. The van der Waals surface area contributed by atoms with Crippen molar-refractivity contribution in [3.63, 3.8) is 0 Å². The summed E-state index contributed by atoms with van der Waals surface area (Å²) in [5.74, 6) is -1.34. The molecule has 5 heteroatoms. The van der Waals surface area contributed by atoms with Crippen LogP contribution in [0.3, 0.4) is 0 Å². The molecule has 1 aromatic rings. The second-order valence-corrected chi connectivity index (χ2v) is 4.13. The fraction of sp³-hybridized carbons (Fsp3) is 0.429. The van der Waals surface area contributed by atoms with Gasteiger partial charge in [0.05, 0.1) is 19.1 Å². The van der Waals surface area contributed by atoms with Crippen molar-refractivity contribution < 1.29 is 23.5 Å². The Morgan fingerprint density at radius 3 is 2.42 bits per heavy atom. The molecule has 0 saturated heterocycles. The highest BCUT2D eigenvalue weighted by Crippen LogP contribution is 2.26. The predicted molar refractivity (Wildman–Crippen MR) is 67.0 cm³/mol. The van der Waals surface area contributed by atoms with Gasteiger partial charge in [-0.3, -0.25) is 4.79 Å². The highest BCUT2D eigenvalue weighted by Gasteiger charge is 2.24. The summed E-state index contributed by atoms with van der Waals surface area (Å²) < 4.78 is 22.8. The number of benzene rings is 1. The molecule has 2 atom stereocenters. The van der Waals surface area contributed by atoms with Crippen LogP contribution in [0.4, 0.5) is 4.39 Å². The summed E-state index contributed by atoms with van der Waals surface area (Å²) in [5.41, 5.74) is 0.753. The van der Waals surface area contributed by atoms with Gasteiger partial charge in [-0.05, 0) is 24.1 Å². The number of aldehydes is 1. The molecule has 0 spiro atoms. The Morgan fingerprint density at radius 2 is 1.95 bits per heavy atom. The molecule has 0 N–H and O–H groups in total. The van der Waals surface area contributed by atoms with Crippen LogP contribution in [0.25, 0.3) is 0 Å². The van der Waals surface area contributed by atoms with Gasteiger partial charge in [-0.15, -0.1) is 0 Å². The monoisotopic (exact) mass is 268 g/mol. The van der Waals surface area contributed by atoms with Gasteiger partial charge in [0.2, 0.25) is 0 Å². The Morgan fingerprint density at radius 1 is 1.32 bits per heavy atom. The summed E-state index contributed by atoms with van der Waals surface area (Å²) in [6.45, 7) is 0. The van der Waals surface area contributed by atoms with E-state index in [-0.39, 0.29) is 18.3 Å². The number of halogens is 1. The summed E-state index contributed by atoms with van der Waals surface area (Å²) in [4.78, 5) is 22.1. The lowest BCUT2D eigenvalue weighted by Gasteiger charge is -2.20. The summed E-state index contributed by atoms with van der Waals surface area (Å²) in [6, 6.07) is 5.85. The summed E-state index contributed by atoms with van der Waals surface area (Å²) in [5, 5.41) is 0. The molecule has 1 aromatic carbocycles. The molecule has 1 rings (SSSR count). The summed E-state index contributed by atoms with van der Waals surface area (Å²) >= 11 is 0. The minimum Gasteiger partial charge on any atom is -0.469 e. The average molecular weight is 268 g/mol. The molecule has 0 amide bonds. The number of hydrogen-bond donors (Lipinski definition) is 0. The van der Waals surface area contributed by atoms with Gasteiger partial charge in [-0.1, -0.05) is 12.1 Å². The van der Waals surface area contributed by atoms with Crippen LogP contribution in [0, 0.1) is 11.7 Å². The van der Waals surface area contributed by atoms with Crippen molar-refractivity contribution in [1.29, 1.82) is 0 Å². The quantitative estimate of drug-likeness (QED) is 0.562. The number of ether oxygens (including phenoxy) is 2. The Hall–Kier alpha value is -1.75. The van der Waals surface area contributed by atoms with Gasteiger partial charge in [0.25, 0.3) is 0 Å². The van der Waals surface area contributed by atoms with Crippen LogP contribution in [0.2, 0.25) is 0 Å². The highest BCUT2D eigenvalue weighted by molar-refractivity contribution is 5.75. The minimum atomic E-state index is -0.558. The number of rotatable bonds is 7. The van der Waals surface area contributed by atoms with E-state index in [0.29, 0.717) is 12.7 Å². The average Bonchev–Trinajstić information content (AvgIpc) is 2.43. The highest BCUT2D eigenvalue weighted by atomic mass is 19.1. The number of carbonyl (C=O) groups excluding carboxylic acids is 2. The Labute approximate surface area is 111 Å². The number of esters is 1. The zero-order chi connectivity index (χ0) is 14.3. The molecule has 0 aliphatic rings. The van der Waals surface area contributed by atoms with E-state index in [1.807, 2.05) is 0 Å². The van der Waals surface area contributed by atoms with Crippen molar-refractivity contribution in [2.45, 2.75) is 18.9 Å². The maximum atomic E-state index is 12.9. The second-order valence-electron chi connectivity index (χ2n) is 4.13. The third-order valence-corrected chi connectivity index (χ3v) is 2.94. The largest absolute Gasteiger partial charge is 0.469 e. The topological polar surface area (TPSA) is 52.6 Å². The van der Waals surface area contributed by atoms with Gasteiger partial charge < -0.3 is 14.3 Å². The molecular weight excluding hydrogens is 251 g/mol. The van der Waals surface area contributed by atoms with Crippen LogP contribution >= 0.6 is 0 Å². The second kappa shape index (κ2) is 7.63. The number of hydrogen-bond acceptors (Lipinski definition) is 4. The molecule has 0 fully saturated rings. The van der Waals surface area contributed by atoms with Crippen molar-refractivity contribution in [3.05, 3.63) is 35.6 Å². The van der Waals surface area contributed by atoms with Crippen molar-refractivity contribution in [3.8, 4) is 0 Å². The van der Waals surface area contributed by atoms with E-state index >= 15 is 0 Å². The van der Waals surface area contributed by atoms with Crippen LogP contribution in [-0.2, 0) is 19.1 Å². The van der Waals surface area contributed by atoms with Gasteiger partial charge in [0.15, 0.2) is 0 Å². The zero-order valence-corrected chi connectivity index (χ0v) is 11.0. The molecule has 0 aliphatic heterocycles. The first-order valence-electron chi connectivity index (χ1n) is 5.92. The molecule has 1 unspecified atom stereocenters. The van der Waals surface area contributed by atoms with Crippen LogP contribution in [0.5, 0.6) is 0 Å². The molecule has 0 heterocycles. The van der Waals surface area contributed by atoms with Crippen LogP contribution in [-0.4, -0.2) is 26.5 Å². The Kier molecular flexibility index (Phi) is 6.15. The smallest absolute Gasteiger partial charge is 0.309 e. The van der Waals surface area contributed by atoms with Crippen LogP contribution in [0.15, 0.2) is 24.3 Å². The first-order valence-corrected chi connectivity index (χ1v) is 5.92. The van der Waals surface area contributed by atoms with Crippen molar-refractivity contribution in [2.24, 2.45) is 5.92 Å². The Balaban J connectivity index is 2.81. The first-order chi connectivity index (χ1) is 9.12. The van der Waals surface area contributed by atoms with E-state index in [1.165, 1.54) is 26.4 Å². The Bertz CT molecular complexity index is 416. The molecule has 0 saturated carbocycles. The molecule has 4 nitrogen and oxygen atoms in total. The van der Waals surface area contributed by atoms with E-state index in [0.717, 1.165) is 5.56 Å². The zero-order valence-electron chi connectivity index (χ0n) is 11.0. The van der Waals surface area contributed by atoms with Crippen molar-refractivity contribution in [1.82, 2.24) is 0 Å².